The van der Waals surface area contributed by atoms with Crippen molar-refractivity contribution in [3.63, 3.8) is 0 Å². The lowest BCUT2D eigenvalue weighted by Gasteiger charge is -2.08. The molecule has 0 unspecified atom stereocenters. The predicted octanol–water partition coefficient (Wildman–Crippen LogP) is 3.02. The molecule has 1 heterocycles. The Morgan fingerprint density at radius 3 is 2.65 bits per heavy atom. The van der Waals surface area contributed by atoms with Gasteiger partial charge in [0.2, 0.25) is 0 Å². The Balaban J connectivity index is 1.74. The quantitative estimate of drug-likeness (QED) is 0.791. The maximum Gasteiger partial charge on any atom is 0.150 e. The number of aromatic nitrogens is 3. The van der Waals surface area contributed by atoms with Crippen LogP contribution in [0.4, 0.5) is 10.1 Å². The van der Waals surface area contributed by atoms with Crippen LogP contribution in [0.1, 0.15) is 5.56 Å². The van der Waals surface area contributed by atoms with Crippen molar-refractivity contribution < 1.29 is 4.39 Å². The molecule has 0 aliphatic rings. The zero-order valence-electron chi connectivity index (χ0n) is 10.7. The second-order valence-electron chi connectivity index (χ2n) is 4.35. The lowest BCUT2D eigenvalue weighted by atomic mass is 10.2. The number of hydrogen-bond donors (Lipinski definition) is 1. The van der Waals surface area contributed by atoms with Crippen LogP contribution in [-0.2, 0) is 6.54 Å². The van der Waals surface area contributed by atoms with E-state index in [1.807, 2.05) is 36.4 Å². The third-order valence-electron chi connectivity index (χ3n) is 2.95. The third kappa shape index (κ3) is 2.66. The van der Waals surface area contributed by atoms with Crippen LogP contribution in [0.15, 0.2) is 61.2 Å². The Morgan fingerprint density at radius 2 is 1.95 bits per heavy atom. The summed E-state index contributed by atoms with van der Waals surface area (Å²) in [5, 5.41) is 7.10. The summed E-state index contributed by atoms with van der Waals surface area (Å²) in [6.07, 6.45) is 2.84. The summed E-state index contributed by atoms with van der Waals surface area (Å²) in [5.74, 6) is -0.339. The minimum atomic E-state index is -0.339. The monoisotopic (exact) mass is 268 g/mol. The third-order valence-corrected chi connectivity index (χ3v) is 2.95. The largest absolute Gasteiger partial charge is 0.381 e. The van der Waals surface area contributed by atoms with Crippen molar-refractivity contribution >= 4 is 5.69 Å². The van der Waals surface area contributed by atoms with Gasteiger partial charge in [0.1, 0.15) is 18.3 Å². The molecule has 3 rings (SSSR count). The van der Waals surface area contributed by atoms with Crippen LogP contribution < -0.4 is 5.32 Å². The molecule has 2 aromatic carbocycles. The molecule has 0 fully saturated rings. The first-order valence-corrected chi connectivity index (χ1v) is 6.25. The molecule has 0 aliphatic heterocycles. The van der Waals surface area contributed by atoms with Crippen molar-refractivity contribution in [1.82, 2.24) is 14.8 Å². The van der Waals surface area contributed by atoms with Gasteiger partial charge in [0.25, 0.3) is 0 Å². The number of benzene rings is 2. The van der Waals surface area contributed by atoms with E-state index in [2.05, 4.69) is 15.4 Å². The number of hydrogen-bond acceptors (Lipinski definition) is 3. The van der Waals surface area contributed by atoms with Crippen LogP contribution >= 0.6 is 0 Å². The first kappa shape index (κ1) is 12.3. The van der Waals surface area contributed by atoms with E-state index in [0.717, 1.165) is 11.3 Å². The minimum Gasteiger partial charge on any atom is -0.381 e. The summed E-state index contributed by atoms with van der Waals surface area (Å²) in [6, 6.07) is 14.9. The summed E-state index contributed by atoms with van der Waals surface area (Å²) in [6.45, 7) is 0.656. The number of nitrogens with one attached hydrogen (secondary N) is 1. The van der Waals surface area contributed by atoms with Gasteiger partial charge < -0.3 is 5.32 Å². The Kier molecular flexibility index (Phi) is 3.41. The van der Waals surface area contributed by atoms with E-state index in [1.54, 1.807) is 6.07 Å². The molecule has 3 aromatic rings. The summed E-state index contributed by atoms with van der Waals surface area (Å²) in [5.41, 5.74) is 2.26. The summed E-state index contributed by atoms with van der Waals surface area (Å²) < 4.78 is 15.4. The molecular formula is C15H13FN4. The second-order valence-corrected chi connectivity index (χ2v) is 4.35. The topological polar surface area (TPSA) is 42.7 Å². The smallest absolute Gasteiger partial charge is 0.150 e. The Labute approximate surface area is 115 Å². The van der Waals surface area contributed by atoms with Crippen LogP contribution in [0.2, 0.25) is 0 Å². The van der Waals surface area contributed by atoms with Gasteiger partial charge >= 0.3 is 0 Å². The van der Waals surface area contributed by atoms with E-state index in [4.69, 9.17) is 0 Å². The fourth-order valence-electron chi connectivity index (χ4n) is 1.94. The van der Waals surface area contributed by atoms with E-state index >= 15 is 0 Å². The summed E-state index contributed by atoms with van der Waals surface area (Å²) >= 11 is 0. The van der Waals surface area contributed by atoms with E-state index in [0.29, 0.717) is 12.2 Å². The molecular weight excluding hydrogens is 255 g/mol. The molecule has 0 saturated carbocycles. The molecule has 0 saturated heterocycles. The van der Waals surface area contributed by atoms with Crippen LogP contribution in [0, 0.1) is 5.82 Å². The minimum absolute atomic E-state index is 0.339. The van der Waals surface area contributed by atoms with Crippen molar-refractivity contribution in [2.45, 2.75) is 6.54 Å². The molecule has 0 bridgehead atoms. The van der Waals surface area contributed by atoms with Crippen molar-refractivity contribution in [3.05, 3.63) is 72.6 Å². The van der Waals surface area contributed by atoms with Gasteiger partial charge in [-0.25, -0.2) is 14.1 Å². The van der Waals surface area contributed by atoms with Crippen molar-refractivity contribution in [2.75, 3.05) is 5.32 Å². The molecule has 4 nitrogen and oxygen atoms in total. The second kappa shape index (κ2) is 5.52. The zero-order chi connectivity index (χ0) is 13.8. The van der Waals surface area contributed by atoms with Crippen LogP contribution in [-0.4, -0.2) is 14.8 Å². The van der Waals surface area contributed by atoms with E-state index in [-0.39, 0.29) is 5.82 Å². The SMILES string of the molecule is Fc1cc(NCc2ccccc2)ccc1-n1cncn1. The molecule has 0 amide bonds. The Morgan fingerprint density at radius 1 is 1.10 bits per heavy atom. The molecule has 0 atom stereocenters. The Bertz CT molecular complexity index is 680. The fourth-order valence-corrected chi connectivity index (χ4v) is 1.94. The van der Waals surface area contributed by atoms with Gasteiger partial charge in [-0.2, -0.15) is 5.10 Å². The zero-order valence-corrected chi connectivity index (χ0v) is 10.7. The number of nitrogens with zero attached hydrogens (tertiary/aromatic N) is 3. The van der Waals surface area contributed by atoms with Crippen LogP contribution in [0.25, 0.3) is 5.69 Å². The fraction of sp³-hybridized carbons (Fsp3) is 0.0667. The maximum absolute atomic E-state index is 14.0. The molecule has 20 heavy (non-hydrogen) atoms. The van der Waals surface area contributed by atoms with Crippen molar-refractivity contribution in [2.24, 2.45) is 0 Å². The number of anilines is 1. The highest BCUT2D eigenvalue weighted by Gasteiger charge is 2.06. The lowest BCUT2D eigenvalue weighted by molar-refractivity contribution is 0.611. The molecule has 5 heteroatoms. The van der Waals surface area contributed by atoms with Gasteiger partial charge in [-0.05, 0) is 23.8 Å². The average molecular weight is 268 g/mol. The molecule has 1 N–H and O–H groups in total. The van der Waals surface area contributed by atoms with Crippen LogP contribution in [0.5, 0.6) is 0 Å². The molecule has 0 spiro atoms. The maximum atomic E-state index is 14.0. The first-order valence-electron chi connectivity index (χ1n) is 6.25. The Hall–Kier alpha value is -2.69. The van der Waals surface area contributed by atoms with E-state index in [1.165, 1.54) is 23.4 Å². The van der Waals surface area contributed by atoms with Crippen molar-refractivity contribution in [3.8, 4) is 5.69 Å². The summed E-state index contributed by atoms with van der Waals surface area (Å²) in [7, 11) is 0. The van der Waals surface area contributed by atoms with Gasteiger partial charge in [0.15, 0.2) is 5.82 Å². The molecule has 100 valence electrons. The van der Waals surface area contributed by atoms with E-state index < -0.39 is 0 Å². The van der Waals surface area contributed by atoms with Crippen LogP contribution in [0.3, 0.4) is 0 Å². The highest BCUT2D eigenvalue weighted by molar-refractivity contribution is 5.49. The van der Waals surface area contributed by atoms with Gasteiger partial charge in [-0.15, -0.1) is 0 Å². The van der Waals surface area contributed by atoms with Gasteiger partial charge in [0.05, 0.1) is 0 Å². The highest BCUT2D eigenvalue weighted by atomic mass is 19.1. The standard InChI is InChI=1S/C15H13FN4/c16-14-8-13(18-9-12-4-2-1-3-5-12)6-7-15(14)20-11-17-10-19-20/h1-8,10-11,18H,9H2. The van der Waals surface area contributed by atoms with Gasteiger partial charge in [0, 0.05) is 12.2 Å². The number of halogens is 1. The first-order chi connectivity index (χ1) is 9.83. The normalized spacial score (nSPS) is 10.4. The lowest BCUT2D eigenvalue weighted by Crippen LogP contribution is -2.02. The van der Waals surface area contributed by atoms with Crippen molar-refractivity contribution in [1.29, 1.82) is 0 Å². The molecule has 0 aliphatic carbocycles. The molecule has 0 radical (unpaired) electrons. The highest BCUT2D eigenvalue weighted by Crippen LogP contribution is 2.18. The van der Waals surface area contributed by atoms with Gasteiger partial charge in [-0.1, -0.05) is 30.3 Å². The predicted molar refractivity (Wildman–Crippen MR) is 75.1 cm³/mol. The summed E-state index contributed by atoms with van der Waals surface area (Å²) in [4.78, 5) is 3.81. The average Bonchev–Trinajstić information content (AvgIpc) is 3.00. The molecule has 1 aromatic heterocycles. The number of rotatable bonds is 4. The van der Waals surface area contributed by atoms with E-state index in [9.17, 15) is 4.39 Å². The van der Waals surface area contributed by atoms with Gasteiger partial charge in [-0.3, -0.25) is 0 Å².